The van der Waals surface area contributed by atoms with Gasteiger partial charge in [0.05, 0.1) is 0 Å². The Morgan fingerprint density at radius 2 is 2.53 bits per heavy atom. The molecule has 0 aromatic carbocycles. The Labute approximate surface area is 88.5 Å². The fourth-order valence-electron chi connectivity index (χ4n) is 1.86. The highest BCUT2D eigenvalue weighted by Crippen LogP contribution is 2.12. The third-order valence-corrected chi connectivity index (χ3v) is 2.80. The lowest BCUT2D eigenvalue weighted by molar-refractivity contribution is -0.125. The van der Waals surface area contributed by atoms with Crippen molar-refractivity contribution in [3.8, 4) is 0 Å². The van der Waals surface area contributed by atoms with Crippen LogP contribution in [-0.2, 0) is 11.2 Å². The van der Waals surface area contributed by atoms with Gasteiger partial charge in [0.2, 0.25) is 5.89 Å². The van der Waals surface area contributed by atoms with E-state index >= 15 is 0 Å². The summed E-state index contributed by atoms with van der Waals surface area (Å²) in [4.78, 5) is 17.5. The van der Waals surface area contributed by atoms with Crippen LogP contribution in [0, 0.1) is 5.92 Å². The molecule has 0 saturated carbocycles. The predicted octanol–water partition coefficient (Wildman–Crippen LogP) is 0.523. The molecule has 0 N–H and O–H groups in total. The smallest absolute Gasteiger partial charge is 0.227 e. The van der Waals surface area contributed by atoms with E-state index in [9.17, 15) is 4.79 Å². The first-order valence-corrected chi connectivity index (χ1v) is 5.26. The number of hydrogen-bond donors (Lipinski definition) is 0. The van der Waals surface area contributed by atoms with Crippen molar-refractivity contribution in [1.82, 2.24) is 15.0 Å². The molecular formula is C10H15N3O2. The van der Waals surface area contributed by atoms with E-state index in [1.165, 1.54) is 6.33 Å². The highest BCUT2D eigenvalue weighted by Gasteiger charge is 2.23. The van der Waals surface area contributed by atoms with Crippen LogP contribution in [0.4, 0.5) is 0 Å². The summed E-state index contributed by atoms with van der Waals surface area (Å²) >= 11 is 0. The van der Waals surface area contributed by atoms with Gasteiger partial charge in [-0.05, 0) is 0 Å². The molecule has 1 aromatic heterocycles. The maximum Gasteiger partial charge on any atom is 0.227 e. The second-order valence-electron chi connectivity index (χ2n) is 4.00. The molecule has 0 spiro atoms. The van der Waals surface area contributed by atoms with Gasteiger partial charge in [-0.25, -0.2) is 0 Å². The maximum atomic E-state index is 11.3. The van der Waals surface area contributed by atoms with Gasteiger partial charge in [-0.3, -0.25) is 4.79 Å². The van der Waals surface area contributed by atoms with Crippen LogP contribution < -0.4 is 0 Å². The van der Waals surface area contributed by atoms with E-state index in [2.05, 4.69) is 15.0 Å². The summed E-state index contributed by atoms with van der Waals surface area (Å²) in [6.07, 6.45) is 2.85. The minimum absolute atomic E-state index is 0.168. The Kier molecular flexibility index (Phi) is 3.11. The predicted molar refractivity (Wildman–Crippen MR) is 53.2 cm³/mol. The number of carbonyl (C=O) groups excluding carboxylic acids is 1. The van der Waals surface area contributed by atoms with Gasteiger partial charge in [0.1, 0.15) is 5.78 Å². The summed E-state index contributed by atoms with van der Waals surface area (Å²) in [6, 6.07) is 0. The van der Waals surface area contributed by atoms with Crippen LogP contribution in [0.25, 0.3) is 0 Å². The van der Waals surface area contributed by atoms with E-state index in [4.69, 9.17) is 4.52 Å². The number of aromatic nitrogens is 2. The maximum absolute atomic E-state index is 11.3. The Balaban J connectivity index is 1.78. The van der Waals surface area contributed by atoms with Gasteiger partial charge < -0.3 is 9.42 Å². The number of ketones is 1. The van der Waals surface area contributed by atoms with Crippen LogP contribution in [0.2, 0.25) is 0 Å². The number of carbonyl (C=O) groups is 1. The molecule has 2 rings (SSSR count). The number of piperidine rings is 1. The number of nitrogens with zero attached hydrogens (tertiary/aromatic N) is 3. The summed E-state index contributed by atoms with van der Waals surface area (Å²) in [5.74, 6) is 1.21. The van der Waals surface area contributed by atoms with Crippen molar-refractivity contribution in [3.05, 3.63) is 12.2 Å². The topological polar surface area (TPSA) is 59.2 Å². The third kappa shape index (κ3) is 2.62. The van der Waals surface area contributed by atoms with Crippen molar-refractivity contribution in [3.63, 3.8) is 0 Å². The van der Waals surface area contributed by atoms with Gasteiger partial charge >= 0.3 is 0 Å². The van der Waals surface area contributed by atoms with Crippen molar-refractivity contribution in [2.75, 3.05) is 19.6 Å². The fraction of sp³-hybridized carbons (Fsp3) is 0.700. The normalized spacial score (nSPS) is 23.3. The Morgan fingerprint density at radius 1 is 1.67 bits per heavy atom. The molecular weight excluding hydrogens is 194 g/mol. The van der Waals surface area contributed by atoms with Crippen molar-refractivity contribution in [1.29, 1.82) is 0 Å². The Morgan fingerprint density at radius 3 is 3.20 bits per heavy atom. The zero-order valence-corrected chi connectivity index (χ0v) is 8.85. The van der Waals surface area contributed by atoms with Gasteiger partial charge in [-0.2, -0.15) is 4.98 Å². The van der Waals surface area contributed by atoms with Crippen LogP contribution in [0.1, 0.15) is 19.2 Å². The van der Waals surface area contributed by atoms with E-state index in [0.717, 1.165) is 26.1 Å². The molecule has 0 amide bonds. The minimum Gasteiger partial charge on any atom is -0.340 e. The molecule has 1 atom stereocenters. The van der Waals surface area contributed by atoms with E-state index < -0.39 is 0 Å². The lowest BCUT2D eigenvalue weighted by atomic mass is 9.98. The molecule has 0 bridgehead atoms. The SMILES string of the molecule is CC1CN(CCc2ncno2)CCC1=O. The summed E-state index contributed by atoms with van der Waals surface area (Å²) < 4.78 is 4.92. The second kappa shape index (κ2) is 4.53. The summed E-state index contributed by atoms with van der Waals surface area (Å²) in [7, 11) is 0. The van der Waals surface area contributed by atoms with Gasteiger partial charge in [0.15, 0.2) is 6.33 Å². The van der Waals surface area contributed by atoms with Crippen LogP contribution in [0.3, 0.4) is 0 Å². The molecule has 1 fully saturated rings. The van der Waals surface area contributed by atoms with Gasteiger partial charge in [-0.15, -0.1) is 0 Å². The second-order valence-corrected chi connectivity index (χ2v) is 4.00. The molecule has 1 aromatic rings. The van der Waals surface area contributed by atoms with Crippen LogP contribution in [0.5, 0.6) is 0 Å². The van der Waals surface area contributed by atoms with Crippen LogP contribution in [0.15, 0.2) is 10.9 Å². The summed E-state index contributed by atoms with van der Waals surface area (Å²) in [6.45, 7) is 4.59. The van der Waals surface area contributed by atoms with E-state index in [1.54, 1.807) is 0 Å². The number of likely N-dealkylation sites (tertiary alicyclic amines) is 1. The highest BCUT2D eigenvalue weighted by molar-refractivity contribution is 5.81. The molecule has 1 aliphatic heterocycles. The quantitative estimate of drug-likeness (QED) is 0.726. The summed E-state index contributed by atoms with van der Waals surface area (Å²) in [5.41, 5.74) is 0. The standard InChI is InChI=1S/C10H15N3O2/c1-8-6-13(4-2-9(8)14)5-3-10-11-7-12-15-10/h7-8H,2-6H2,1H3. The van der Waals surface area contributed by atoms with Crippen molar-refractivity contribution in [2.45, 2.75) is 19.8 Å². The largest absolute Gasteiger partial charge is 0.340 e. The molecule has 1 saturated heterocycles. The molecule has 5 nitrogen and oxygen atoms in total. The van der Waals surface area contributed by atoms with Gasteiger partial charge in [0, 0.05) is 38.4 Å². The molecule has 1 aliphatic rings. The van der Waals surface area contributed by atoms with E-state index in [1.807, 2.05) is 6.92 Å². The molecule has 1 unspecified atom stereocenters. The third-order valence-electron chi connectivity index (χ3n) is 2.80. The number of rotatable bonds is 3. The minimum atomic E-state index is 0.168. The Hall–Kier alpha value is -1.23. The Bertz CT molecular complexity index is 323. The van der Waals surface area contributed by atoms with Gasteiger partial charge in [-0.1, -0.05) is 12.1 Å². The summed E-state index contributed by atoms with van der Waals surface area (Å²) in [5, 5.41) is 3.55. The van der Waals surface area contributed by atoms with Crippen molar-refractivity contribution >= 4 is 5.78 Å². The first kappa shape index (κ1) is 10.3. The molecule has 15 heavy (non-hydrogen) atoms. The van der Waals surface area contributed by atoms with Crippen molar-refractivity contribution in [2.24, 2.45) is 5.92 Å². The van der Waals surface area contributed by atoms with Crippen LogP contribution in [-0.4, -0.2) is 40.5 Å². The zero-order valence-electron chi connectivity index (χ0n) is 8.85. The lowest BCUT2D eigenvalue weighted by Crippen LogP contribution is -2.40. The number of Topliss-reactive ketones (excluding diaryl/α,β-unsaturated/α-hetero) is 1. The van der Waals surface area contributed by atoms with E-state index in [-0.39, 0.29) is 5.92 Å². The van der Waals surface area contributed by atoms with Crippen molar-refractivity contribution < 1.29 is 9.32 Å². The average Bonchev–Trinajstić information content (AvgIpc) is 2.73. The molecule has 5 heteroatoms. The van der Waals surface area contributed by atoms with E-state index in [0.29, 0.717) is 18.1 Å². The first-order valence-electron chi connectivity index (χ1n) is 5.26. The number of hydrogen-bond acceptors (Lipinski definition) is 5. The average molecular weight is 209 g/mol. The first-order chi connectivity index (χ1) is 7.25. The molecule has 0 aliphatic carbocycles. The molecule has 0 radical (unpaired) electrons. The lowest BCUT2D eigenvalue weighted by Gasteiger charge is -2.29. The van der Waals surface area contributed by atoms with Gasteiger partial charge in [0.25, 0.3) is 0 Å². The monoisotopic (exact) mass is 209 g/mol. The zero-order chi connectivity index (χ0) is 10.7. The highest BCUT2D eigenvalue weighted by atomic mass is 16.5. The van der Waals surface area contributed by atoms with Crippen LogP contribution >= 0.6 is 0 Å². The molecule has 2 heterocycles. The molecule has 82 valence electrons. The fourth-order valence-corrected chi connectivity index (χ4v) is 1.86.